The summed E-state index contributed by atoms with van der Waals surface area (Å²) in [6, 6.07) is 4.66. The van der Waals surface area contributed by atoms with Crippen molar-refractivity contribution < 1.29 is 4.74 Å². The molecule has 0 N–H and O–H groups in total. The third-order valence-corrected chi connectivity index (χ3v) is 35.1. The Morgan fingerprint density at radius 1 is 0.312 bits per heavy atom. The van der Waals surface area contributed by atoms with Crippen molar-refractivity contribution in [2.75, 3.05) is 0 Å². The van der Waals surface area contributed by atoms with Crippen molar-refractivity contribution in [2.24, 2.45) is 151 Å². The van der Waals surface area contributed by atoms with E-state index in [1.165, 1.54) is 154 Å². The second kappa shape index (κ2) is 25.4. The molecule has 0 amide bonds. The van der Waals surface area contributed by atoms with Gasteiger partial charge < -0.3 is 4.74 Å². The zero-order valence-corrected chi connectivity index (χ0v) is 64.8. The van der Waals surface area contributed by atoms with Crippen LogP contribution >= 0.6 is 0 Å². The maximum absolute atomic E-state index is 8.55. The van der Waals surface area contributed by atoms with Crippen molar-refractivity contribution >= 4 is 6.71 Å². The van der Waals surface area contributed by atoms with Crippen LogP contribution in [0.5, 0.6) is 0 Å². The average Bonchev–Trinajstić information content (AvgIpc) is 1.10. The summed E-state index contributed by atoms with van der Waals surface area (Å²) in [6.07, 6.45) is 52.3. The summed E-state index contributed by atoms with van der Waals surface area (Å²) < 4.78 is 8.55. The smallest absolute Gasteiger partial charge is 0.159 e. The van der Waals surface area contributed by atoms with Gasteiger partial charge in [0.1, 0.15) is 0 Å². The lowest BCUT2D eigenvalue weighted by Crippen LogP contribution is -2.73. The van der Waals surface area contributed by atoms with Gasteiger partial charge in [-0.25, -0.2) is 0 Å². The molecule has 4 heteroatoms. The highest BCUT2D eigenvalue weighted by Gasteiger charge is 2.68. The van der Waals surface area contributed by atoms with Gasteiger partial charge in [0, 0.05) is 36.3 Å². The van der Waals surface area contributed by atoms with Gasteiger partial charge >= 0.3 is 0 Å². The Labute approximate surface area is 577 Å². The zero-order chi connectivity index (χ0) is 65.4. The summed E-state index contributed by atoms with van der Waals surface area (Å²) in [4.78, 5) is 7.19. The standard InChI is InChI=1S/C89H153BN2O/c1-84(2,3)52-53-39-77-82-79(40-53)93-78-51-65(91-74-37-32-60(85(4,5)6)46-69(74)70-47-61(86(7,8)9)33-38-75(70)91)34-35-72(78)90(82)73-45-56(66-44-59-43-62(87(10,11)12)41-57-29-30-58-42-63(88(13,14)15)50-71(66)81(58)80(57)59)31-36-76(73)92(77)83-67(54-25-21-19-22-26-54)48-64(89(16,17)18)49-68(83)55-27-23-20-24-28-55/h53-83H,19-52H2,1-18H3/t53?,56?,57-,58?,59-,60+,61?,62+,63?,64?,65+,66?,67-,68+,69?,70?,71?,72-,73?,74?,75?,76?,77?,78?,79?,80?,81?,82+,83?/m1/s1. The fourth-order valence-electron chi connectivity index (χ4n) is 30.9. The van der Waals surface area contributed by atoms with E-state index in [0.29, 0.717) is 44.7 Å². The summed E-state index contributed by atoms with van der Waals surface area (Å²) in [7, 11) is 0. The molecule has 0 aromatic carbocycles. The first-order valence-corrected chi connectivity index (χ1v) is 43.1. The van der Waals surface area contributed by atoms with Gasteiger partial charge in [-0.2, -0.15) is 0 Å². The van der Waals surface area contributed by atoms with Crippen LogP contribution in [0.15, 0.2) is 0 Å². The van der Waals surface area contributed by atoms with Gasteiger partial charge in [-0.15, -0.1) is 0 Å². The topological polar surface area (TPSA) is 15.7 Å². The molecule has 0 aromatic heterocycles. The Bertz CT molecular complexity index is 2470. The molecule has 0 radical (unpaired) electrons. The zero-order valence-electron chi connectivity index (χ0n) is 64.8. The van der Waals surface area contributed by atoms with Crippen molar-refractivity contribution in [3.8, 4) is 0 Å². The lowest BCUT2D eigenvalue weighted by Gasteiger charge is -2.69. The van der Waals surface area contributed by atoms with Crippen LogP contribution in [0.4, 0.5) is 0 Å². The van der Waals surface area contributed by atoms with Crippen LogP contribution in [0.3, 0.4) is 0 Å². The predicted molar refractivity (Wildman–Crippen MR) is 396 cm³/mol. The van der Waals surface area contributed by atoms with Gasteiger partial charge in [0.05, 0.1) is 12.2 Å². The molecule has 3 nitrogen and oxygen atoms in total. The molecule has 0 bridgehead atoms. The predicted octanol–water partition coefficient (Wildman–Crippen LogP) is 24.2. The Morgan fingerprint density at radius 2 is 0.796 bits per heavy atom. The van der Waals surface area contributed by atoms with Crippen LogP contribution in [0.25, 0.3) is 0 Å². The van der Waals surface area contributed by atoms with E-state index in [0.717, 1.165) is 179 Å². The van der Waals surface area contributed by atoms with E-state index >= 15 is 0 Å². The molecule has 15 fully saturated rings. The quantitative estimate of drug-likeness (QED) is 0.247. The van der Waals surface area contributed by atoms with Gasteiger partial charge in [-0.1, -0.05) is 202 Å². The minimum absolute atomic E-state index is 0.345. The normalized spacial score (nSPS) is 49.0. The molecule has 12 saturated carbocycles. The molecule has 3 heterocycles. The Balaban J connectivity index is 0.834. The molecular weight excluding hydrogens is 1120 g/mol. The third kappa shape index (κ3) is 12.9. The molecule has 3 saturated heterocycles. The van der Waals surface area contributed by atoms with Crippen LogP contribution in [0.1, 0.15) is 343 Å². The summed E-state index contributed by atoms with van der Waals surface area (Å²) in [5.74, 6) is 21.0. The number of hydrogen-bond donors (Lipinski definition) is 0. The maximum Gasteiger partial charge on any atom is 0.159 e. The van der Waals surface area contributed by atoms with Crippen molar-refractivity contribution in [1.29, 1.82) is 0 Å². The van der Waals surface area contributed by atoms with Gasteiger partial charge in [0.2, 0.25) is 0 Å². The van der Waals surface area contributed by atoms with Crippen molar-refractivity contribution in [3.63, 3.8) is 0 Å². The maximum atomic E-state index is 8.55. The van der Waals surface area contributed by atoms with E-state index in [4.69, 9.17) is 4.74 Å². The van der Waals surface area contributed by atoms with Gasteiger partial charge in [0.15, 0.2) is 6.71 Å². The first kappa shape index (κ1) is 68.7. The van der Waals surface area contributed by atoms with Gasteiger partial charge in [-0.3, -0.25) is 9.80 Å². The van der Waals surface area contributed by atoms with E-state index in [1.807, 2.05) is 0 Å². The molecule has 3 aliphatic heterocycles. The van der Waals surface area contributed by atoms with Crippen LogP contribution in [-0.2, 0) is 4.74 Å². The highest BCUT2D eigenvalue weighted by molar-refractivity contribution is 6.65. The highest BCUT2D eigenvalue weighted by Crippen LogP contribution is 2.71. The Morgan fingerprint density at radius 3 is 1.34 bits per heavy atom. The third-order valence-electron chi connectivity index (χ3n) is 35.1. The molecule has 29 atom stereocenters. The average molecular weight is 1280 g/mol. The van der Waals surface area contributed by atoms with Crippen LogP contribution < -0.4 is 0 Å². The lowest BCUT2D eigenvalue weighted by atomic mass is 9.19. The van der Waals surface area contributed by atoms with E-state index in [-0.39, 0.29) is 0 Å². The molecule has 528 valence electrons. The molecule has 0 spiro atoms. The number of hydrogen-bond acceptors (Lipinski definition) is 3. The minimum atomic E-state index is 0.345. The molecule has 0 aromatic rings. The molecule has 12 aliphatic carbocycles. The monoisotopic (exact) mass is 1280 g/mol. The number of rotatable bonds is 6. The first-order chi connectivity index (χ1) is 43.9. The summed E-state index contributed by atoms with van der Waals surface area (Å²) in [5.41, 5.74) is 2.43. The second-order valence-corrected chi connectivity index (χ2v) is 45.9. The largest absolute Gasteiger partial charge is 0.376 e. The summed E-state index contributed by atoms with van der Waals surface area (Å²) in [6.45, 7) is 48.5. The number of fused-ring (bicyclic) bond motifs is 7. The van der Waals surface area contributed by atoms with Gasteiger partial charge in [-0.05, 0) is 310 Å². The molecule has 15 aliphatic rings. The van der Waals surface area contributed by atoms with Crippen LogP contribution in [0.2, 0.25) is 17.5 Å². The SMILES string of the molecule is CC(C)(C)CC1CC2OC3C[C@@H](N4C5CCC(C(C)(C)C)CC5C5C[C@@H](C(C)(C)C)CCC54)CC[C@H]3B3C4CC(C5C[C@H]6C[C@@H](C(C)(C)C)C[C@H]7CCC8CC(C(C)(C)C)CC5C8C76)CCC4N(C4[C@@H](C5CCCCC5)CC(C(C)(C)C)C[C@H]4C4CCCCC4)C(C1)[C@H]32. The summed E-state index contributed by atoms with van der Waals surface area (Å²) in [5, 5.41) is 0. The van der Waals surface area contributed by atoms with E-state index in [9.17, 15) is 0 Å². The van der Waals surface area contributed by atoms with Crippen LogP contribution in [-0.4, -0.2) is 65.0 Å². The van der Waals surface area contributed by atoms with E-state index in [1.54, 1.807) is 64.2 Å². The second-order valence-electron chi connectivity index (χ2n) is 45.9. The number of ether oxygens (including phenoxy) is 1. The van der Waals surface area contributed by atoms with Crippen molar-refractivity contribution in [1.82, 2.24) is 9.80 Å². The Kier molecular flexibility index (Phi) is 18.8. The van der Waals surface area contributed by atoms with E-state index in [2.05, 4.69) is 134 Å². The fourth-order valence-corrected chi connectivity index (χ4v) is 30.9. The molecule has 15 rings (SSSR count). The number of nitrogens with zero attached hydrogens (tertiary/aromatic N) is 2. The number of likely N-dealkylation sites (tertiary alicyclic amines) is 1. The summed E-state index contributed by atoms with van der Waals surface area (Å²) >= 11 is 0. The Hall–Kier alpha value is -0.0551. The molecule has 20 unspecified atom stereocenters. The highest BCUT2D eigenvalue weighted by atomic mass is 16.5. The first-order valence-electron chi connectivity index (χ1n) is 43.1. The lowest BCUT2D eigenvalue weighted by molar-refractivity contribution is -0.160. The molecule has 93 heavy (non-hydrogen) atoms. The fraction of sp³-hybridized carbons (Fsp3) is 1.00. The van der Waals surface area contributed by atoms with Gasteiger partial charge in [0.25, 0.3) is 0 Å². The van der Waals surface area contributed by atoms with Crippen LogP contribution in [0, 0.1) is 151 Å². The van der Waals surface area contributed by atoms with Crippen molar-refractivity contribution in [2.45, 2.75) is 409 Å². The van der Waals surface area contributed by atoms with E-state index < -0.39 is 0 Å². The minimum Gasteiger partial charge on any atom is -0.376 e. The van der Waals surface area contributed by atoms with Crippen molar-refractivity contribution in [3.05, 3.63) is 0 Å². The molecular formula is C89H153BN2O.